The maximum absolute atomic E-state index is 11.7. The van der Waals surface area contributed by atoms with Crippen molar-refractivity contribution < 1.29 is 13.2 Å². The molecule has 2 rings (SSSR count). The second kappa shape index (κ2) is 7.95. The fourth-order valence-corrected chi connectivity index (χ4v) is 3.15. The maximum Gasteiger partial charge on any atom is 0.211 e. The molecule has 0 saturated carbocycles. The van der Waals surface area contributed by atoms with Crippen molar-refractivity contribution in [3.05, 3.63) is 34.9 Å². The van der Waals surface area contributed by atoms with Gasteiger partial charge in [0.1, 0.15) is 0 Å². The molecule has 0 amide bonds. The predicted molar refractivity (Wildman–Crippen MR) is 81.4 cm³/mol. The van der Waals surface area contributed by atoms with Crippen LogP contribution in [0, 0.1) is 0 Å². The topological polar surface area (TPSA) is 67.4 Å². The van der Waals surface area contributed by atoms with Crippen molar-refractivity contribution in [3.8, 4) is 0 Å². The zero-order valence-corrected chi connectivity index (χ0v) is 13.1. The zero-order valence-electron chi connectivity index (χ0n) is 11.5. The van der Waals surface area contributed by atoms with E-state index in [1.165, 1.54) is 11.1 Å². The molecular formula is C13H21ClN2O3S. The average molecular weight is 321 g/mol. The van der Waals surface area contributed by atoms with E-state index in [0.717, 1.165) is 18.7 Å². The van der Waals surface area contributed by atoms with E-state index in [0.29, 0.717) is 19.6 Å². The van der Waals surface area contributed by atoms with Crippen molar-refractivity contribution in [2.45, 2.75) is 26.1 Å². The first kappa shape index (κ1) is 17.4. The Morgan fingerprint density at radius 1 is 1.30 bits per heavy atom. The Balaban J connectivity index is 0.00000200. The van der Waals surface area contributed by atoms with Gasteiger partial charge in [-0.3, -0.25) is 0 Å². The molecule has 5 nitrogen and oxygen atoms in total. The lowest BCUT2D eigenvalue weighted by Gasteiger charge is -2.08. The molecule has 20 heavy (non-hydrogen) atoms. The molecule has 1 aliphatic heterocycles. The second-order valence-electron chi connectivity index (χ2n) is 4.69. The fourth-order valence-electron chi connectivity index (χ4n) is 2.12. The molecule has 0 radical (unpaired) electrons. The number of fused-ring (bicyclic) bond motifs is 1. The molecule has 1 heterocycles. The smallest absolute Gasteiger partial charge is 0.211 e. The lowest BCUT2D eigenvalue weighted by atomic mass is 10.1. The molecule has 0 fully saturated rings. The van der Waals surface area contributed by atoms with Crippen LogP contribution in [0.25, 0.3) is 0 Å². The Morgan fingerprint density at radius 3 is 2.80 bits per heavy atom. The summed E-state index contributed by atoms with van der Waals surface area (Å²) in [5.74, 6) is 0.105. The van der Waals surface area contributed by atoms with Crippen molar-refractivity contribution in [3.63, 3.8) is 0 Å². The van der Waals surface area contributed by atoms with Crippen LogP contribution in [0.2, 0.25) is 0 Å². The van der Waals surface area contributed by atoms with Crippen molar-refractivity contribution in [1.29, 1.82) is 0 Å². The monoisotopic (exact) mass is 320 g/mol. The van der Waals surface area contributed by atoms with Gasteiger partial charge >= 0.3 is 0 Å². The third-order valence-electron chi connectivity index (χ3n) is 3.16. The Kier molecular flexibility index (Phi) is 6.91. The highest BCUT2D eigenvalue weighted by atomic mass is 35.5. The van der Waals surface area contributed by atoms with Crippen molar-refractivity contribution in [2.24, 2.45) is 0 Å². The Labute approximate surface area is 126 Å². The molecule has 2 N–H and O–H groups in total. The van der Waals surface area contributed by atoms with E-state index in [2.05, 4.69) is 22.2 Å². The van der Waals surface area contributed by atoms with E-state index in [-0.39, 0.29) is 18.2 Å². The summed E-state index contributed by atoms with van der Waals surface area (Å²) in [5, 5.41) is 3.27. The minimum Gasteiger partial charge on any atom is -0.385 e. The highest BCUT2D eigenvalue weighted by Crippen LogP contribution is 2.17. The first-order valence-electron chi connectivity index (χ1n) is 6.38. The van der Waals surface area contributed by atoms with E-state index >= 15 is 0 Å². The van der Waals surface area contributed by atoms with Gasteiger partial charge in [-0.2, -0.15) is 0 Å². The van der Waals surface area contributed by atoms with E-state index < -0.39 is 10.0 Å². The standard InChI is InChI=1S/C13H20N2O3S.ClH/c1-18-5-2-6-19(16,17)15-8-11-3-4-12-9-14-10-13(12)7-11;/h3-4,7,14-15H,2,5-6,8-10H2,1H3;1H. The van der Waals surface area contributed by atoms with Crippen LogP contribution in [0.1, 0.15) is 23.1 Å². The van der Waals surface area contributed by atoms with E-state index in [1.54, 1.807) is 7.11 Å². The van der Waals surface area contributed by atoms with Crippen LogP contribution in [-0.2, 0) is 34.4 Å². The molecule has 1 aromatic carbocycles. The Hall–Kier alpha value is -0.660. The van der Waals surface area contributed by atoms with E-state index in [1.807, 2.05) is 6.07 Å². The van der Waals surface area contributed by atoms with Gasteiger partial charge in [-0.1, -0.05) is 18.2 Å². The molecule has 0 saturated heterocycles. The third-order valence-corrected chi connectivity index (χ3v) is 4.57. The van der Waals surface area contributed by atoms with Gasteiger partial charge in [0.25, 0.3) is 0 Å². The normalized spacial score (nSPS) is 13.8. The molecule has 0 unspecified atom stereocenters. The van der Waals surface area contributed by atoms with Gasteiger partial charge < -0.3 is 10.1 Å². The lowest BCUT2D eigenvalue weighted by Crippen LogP contribution is -2.26. The molecule has 0 spiro atoms. The minimum atomic E-state index is -3.21. The van der Waals surface area contributed by atoms with Crippen molar-refractivity contribution in [2.75, 3.05) is 19.5 Å². The molecule has 1 aliphatic rings. The quantitative estimate of drug-likeness (QED) is 0.740. The number of ether oxygens (including phenoxy) is 1. The second-order valence-corrected chi connectivity index (χ2v) is 6.62. The predicted octanol–water partition coefficient (Wildman–Crippen LogP) is 1.17. The number of nitrogens with one attached hydrogen (secondary N) is 2. The van der Waals surface area contributed by atoms with E-state index in [4.69, 9.17) is 4.74 Å². The molecule has 0 aromatic heterocycles. The van der Waals surface area contributed by atoms with Gasteiger partial charge in [0.15, 0.2) is 0 Å². The molecule has 114 valence electrons. The SMILES string of the molecule is COCCCS(=O)(=O)NCc1ccc2c(c1)CNC2.Cl. The number of rotatable bonds is 7. The number of halogens is 1. The van der Waals surface area contributed by atoms with Crippen LogP contribution in [0.3, 0.4) is 0 Å². The molecule has 0 aliphatic carbocycles. The summed E-state index contributed by atoms with van der Waals surface area (Å²) < 4.78 is 30.9. The average Bonchev–Trinajstić information content (AvgIpc) is 2.84. The lowest BCUT2D eigenvalue weighted by molar-refractivity contribution is 0.199. The van der Waals surface area contributed by atoms with Gasteiger partial charge in [0.2, 0.25) is 10.0 Å². The van der Waals surface area contributed by atoms with Gasteiger partial charge in [0.05, 0.1) is 5.75 Å². The Morgan fingerprint density at radius 2 is 2.05 bits per heavy atom. The number of hydrogen-bond acceptors (Lipinski definition) is 4. The van der Waals surface area contributed by atoms with Crippen LogP contribution in [-0.4, -0.2) is 27.9 Å². The molecule has 0 atom stereocenters. The highest BCUT2D eigenvalue weighted by Gasteiger charge is 2.12. The van der Waals surface area contributed by atoms with Crippen LogP contribution < -0.4 is 10.0 Å². The molecular weight excluding hydrogens is 300 g/mol. The van der Waals surface area contributed by atoms with Crippen LogP contribution >= 0.6 is 12.4 Å². The van der Waals surface area contributed by atoms with Gasteiger partial charge in [0, 0.05) is 33.4 Å². The number of hydrogen-bond donors (Lipinski definition) is 2. The largest absolute Gasteiger partial charge is 0.385 e. The third kappa shape index (κ3) is 5.03. The van der Waals surface area contributed by atoms with Gasteiger partial charge in [-0.05, 0) is 23.1 Å². The van der Waals surface area contributed by atoms with Crippen LogP contribution in [0.4, 0.5) is 0 Å². The first-order valence-corrected chi connectivity index (χ1v) is 8.03. The summed E-state index contributed by atoms with van der Waals surface area (Å²) in [4.78, 5) is 0. The minimum absolute atomic E-state index is 0. The van der Waals surface area contributed by atoms with Gasteiger partial charge in [-0.25, -0.2) is 13.1 Å². The number of benzene rings is 1. The van der Waals surface area contributed by atoms with Crippen molar-refractivity contribution in [1.82, 2.24) is 10.0 Å². The summed E-state index contributed by atoms with van der Waals surface area (Å²) in [5.41, 5.74) is 3.56. The van der Waals surface area contributed by atoms with E-state index in [9.17, 15) is 8.42 Å². The van der Waals surface area contributed by atoms with Crippen LogP contribution in [0.5, 0.6) is 0 Å². The fraction of sp³-hybridized carbons (Fsp3) is 0.538. The molecule has 1 aromatic rings. The molecule has 7 heteroatoms. The highest BCUT2D eigenvalue weighted by molar-refractivity contribution is 7.89. The summed E-state index contributed by atoms with van der Waals surface area (Å²) >= 11 is 0. The Bertz CT molecular complexity index is 534. The molecule has 0 bridgehead atoms. The van der Waals surface area contributed by atoms with Gasteiger partial charge in [-0.15, -0.1) is 12.4 Å². The summed E-state index contributed by atoms with van der Waals surface area (Å²) in [7, 11) is -1.64. The maximum atomic E-state index is 11.7. The summed E-state index contributed by atoms with van der Waals surface area (Å²) in [6, 6.07) is 6.10. The number of sulfonamides is 1. The first-order chi connectivity index (χ1) is 9.11. The summed E-state index contributed by atoms with van der Waals surface area (Å²) in [6.45, 7) is 2.58. The summed E-state index contributed by atoms with van der Waals surface area (Å²) in [6.07, 6.45) is 0.514. The van der Waals surface area contributed by atoms with Crippen molar-refractivity contribution >= 4 is 22.4 Å². The van der Waals surface area contributed by atoms with Crippen LogP contribution in [0.15, 0.2) is 18.2 Å². The number of methoxy groups -OCH3 is 1. The zero-order chi connectivity index (χ0) is 13.7.